The molecule has 4 aromatic rings. The molecule has 0 aliphatic carbocycles. The lowest BCUT2D eigenvalue weighted by molar-refractivity contribution is 0.0986. The molecule has 2 amide bonds. The number of benzene rings is 3. The van der Waals surface area contributed by atoms with Crippen LogP contribution in [0.1, 0.15) is 36.2 Å². The Bertz CT molecular complexity index is 1410. The van der Waals surface area contributed by atoms with Gasteiger partial charge in [-0.05, 0) is 61.9 Å². The van der Waals surface area contributed by atoms with E-state index < -0.39 is 11.7 Å². The number of anilines is 2. The molecule has 1 aliphatic rings. The molecular formula is C27H22FN3O2S. The molecular weight excluding hydrogens is 449 g/mol. The van der Waals surface area contributed by atoms with Crippen LogP contribution in [0, 0.1) is 19.7 Å². The number of rotatable bonds is 3. The van der Waals surface area contributed by atoms with Crippen LogP contribution >= 0.6 is 11.3 Å². The number of fused-ring (bicyclic) bond motifs is 3. The normalized spacial score (nSPS) is 12.5. The van der Waals surface area contributed by atoms with Crippen LogP contribution in [0.3, 0.4) is 0 Å². The molecule has 0 bridgehead atoms. The highest BCUT2D eigenvalue weighted by Gasteiger charge is 2.27. The van der Waals surface area contributed by atoms with Gasteiger partial charge in [-0.15, -0.1) is 11.3 Å². The highest BCUT2D eigenvalue weighted by atomic mass is 32.1. The average Bonchev–Trinajstić information content (AvgIpc) is 3.14. The van der Waals surface area contributed by atoms with Crippen molar-refractivity contribution in [2.24, 2.45) is 0 Å². The van der Waals surface area contributed by atoms with Crippen LogP contribution in [-0.2, 0) is 6.42 Å². The summed E-state index contributed by atoms with van der Waals surface area (Å²) in [6.07, 6.45) is 0.738. The van der Waals surface area contributed by atoms with Gasteiger partial charge >= 0.3 is 0 Å². The van der Waals surface area contributed by atoms with Gasteiger partial charge in [-0.3, -0.25) is 9.59 Å². The van der Waals surface area contributed by atoms with Gasteiger partial charge in [0.25, 0.3) is 11.8 Å². The minimum Gasteiger partial charge on any atom is -0.322 e. The van der Waals surface area contributed by atoms with E-state index in [2.05, 4.69) is 5.32 Å². The fraction of sp³-hybridized carbons (Fsp3) is 0.148. The second kappa shape index (κ2) is 8.83. The van der Waals surface area contributed by atoms with E-state index in [9.17, 15) is 14.0 Å². The van der Waals surface area contributed by atoms with E-state index in [1.54, 1.807) is 53.5 Å². The number of hydrogen-bond donors (Lipinski definition) is 1. The molecule has 5 rings (SSSR count). The molecule has 0 atom stereocenters. The third-order valence-electron chi connectivity index (χ3n) is 5.90. The Kier molecular flexibility index (Phi) is 5.71. The summed E-state index contributed by atoms with van der Waals surface area (Å²) in [6.45, 7) is 4.31. The summed E-state index contributed by atoms with van der Waals surface area (Å²) in [6, 6.07) is 18.7. The van der Waals surface area contributed by atoms with Gasteiger partial charge in [-0.1, -0.05) is 24.3 Å². The summed E-state index contributed by atoms with van der Waals surface area (Å²) in [4.78, 5) is 33.7. The van der Waals surface area contributed by atoms with E-state index in [1.165, 1.54) is 17.0 Å². The summed E-state index contributed by atoms with van der Waals surface area (Å²) in [5, 5.41) is 3.79. The lowest BCUT2D eigenvalue weighted by Gasteiger charge is -2.23. The van der Waals surface area contributed by atoms with Gasteiger partial charge in [-0.2, -0.15) is 0 Å². The Morgan fingerprint density at radius 1 is 1.03 bits per heavy atom. The lowest BCUT2D eigenvalue weighted by atomic mass is 10.1. The molecule has 3 aromatic carbocycles. The first-order valence-corrected chi connectivity index (χ1v) is 11.8. The number of amides is 2. The number of para-hydroxylation sites is 1. The summed E-state index contributed by atoms with van der Waals surface area (Å²) < 4.78 is 13.6. The first-order valence-electron chi connectivity index (χ1n) is 11.0. The first-order chi connectivity index (χ1) is 16.4. The third kappa shape index (κ3) is 4.10. The molecule has 0 fully saturated rings. The number of aryl methyl sites for hydroxylation is 2. The Balaban J connectivity index is 1.38. The van der Waals surface area contributed by atoms with Gasteiger partial charge in [-0.25, -0.2) is 9.37 Å². The fourth-order valence-electron chi connectivity index (χ4n) is 4.19. The highest BCUT2D eigenvalue weighted by Crippen LogP contribution is 2.38. The number of nitrogens with zero attached hydrogens (tertiary/aromatic N) is 2. The van der Waals surface area contributed by atoms with Gasteiger partial charge < -0.3 is 10.2 Å². The largest absolute Gasteiger partial charge is 0.322 e. The van der Waals surface area contributed by atoms with Crippen LogP contribution in [-0.4, -0.2) is 23.3 Å². The Hall–Kier alpha value is -3.84. The van der Waals surface area contributed by atoms with Gasteiger partial charge in [0.05, 0.1) is 16.4 Å². The Morgan fingerprint density at radius 3 is 2.59 bits per heavy atom. The fourth-order valence-corrected chi connectivity index (χ4v) is 5.13. The third-order valence-corrected chi connectivity index (χ3v) is 6.93. The van der Waals surface area contributed by atoms with Crippen LogP contribution in [0.25, 0.3) is 11.3 Å². The summed E-state index contributed by atoms with van der Waals surface area (Å²) in [5.74, 6) is -0.973. The van der Waals surface area contributed by atoms with Crippen LogP contribution < -0.4 is 10.2 Å². The van der Waals surface area contributed by atoms with Crippen LogP contribution in [0.4, 0.5) is 15.8 Å². The first kappa shape index (κ1) is 22.0. The number of carbonyl (C=O) groups excluding carboxylic acids is 2. The van der Waals surface area contributed by atoms with Crippen molar-refractivity contribution in [3.63, 3.8) is 0 Å². The zero-order chi connectivity index (χ0) is 23.8. The van der Waals surface area contributed by atoms with Crippen LogP contribution in [0.2, 0.25) is 0 Å². The summed E-state index contributed by atoms with van der Waals surface area (Å²) >= 11 is 1.67. The van der Waals surface area contributed by atoms with Gasteiger partial charge in [0.15, 0.2) is 0 Å². The molecule has 2 heterocycles. The predicted octanol–water partition coefficient (Wildman–Crippen LogP) is 6.02. The SMILES string of the molecule is Cc1nc2c(s1)CCN(C(=O)c1ccc(NC(=O)c3cc(F)ccc3C)cc1)c1ccccc1-2. The summed E-state index contributed by atoms with van der Waals surface area (Å²) in [7, 11) is 0. The maximum Gasteiger partial charge on any atom is 0.258 e. The Labute approximate surface area is 200 Å². The van der Waals surface area contributed by atoms with Crippen molar-refractivity contribution < 1.29 is 14.0 Å². The molecule has 0 spiro atoms. The minimum absolute atomic E-state index is 0.113. The maximum absolute atomic E-state index is 13.6. The molecule has 1 N–H and O–H groups in total. The Morgan fingerprint density at radius 2 is 1.79 bits per heavy atom. The molecule has 0 saturated carbocycles. The number of aromatic nitrogens is 1. The molecule has 5 nitrogen and oxygen atoms in total. The maximum atomic E-state index is 13.6. The molecule has 0 saturated heterocycles. The molecule has 0 unspecified atom stereocenters. The van der Waals surface area contributed by atoms with Crippen molar-refractivity contribution >= 4 is 34.5 Å². The van der Waals surface area contributed by atoms with Crippen molar-refractivity contribution in [2.45, 2.75) is 20.3 Å². The second-order valence-corrected chi connectivity index (χ2v) is 9.51. The zero-order valence-corrected chi connectivity index (χ0v) is 19.6. The quantitative estimate of drug-likeness (QED) is 0.397. The number of carbonyl (C=O) groups is 2. The lowest BCUT2D eigenvalue weighted by Crippen LogP contribution is -2.32. The average molecular weight is 472 g/mol. The highest BCUT2D eigenvalue weighted by molar-refractivity contribution is 7.12. The zero-order valence-electron chi connectivity index (χ0n) is 18.8. The second-order valence-electron chi connectivity index (χ2n) is 8.22. The van der Waals surface area contributed by atoms with E-state index in [0.29, 0.717) is 23.4 Å². The molecule has 7 heteroatoms. The van der Waals surface area contributed by atoms with Crippen molar-refractivity contribution in [2.75, 3.05) is 16.8 Å². The van der Waals surface area contributed by atoms with Crippen LogP contribution in [0.5, 0.6) is 0 Å². The van der Waals surface area contributed by atoms with Gasteiger partial charge in [0, 0.05) is 40.2 Å². The van der Waals surface area contributed by atoms with E-state index in [-0.39, 0.29) is 11.5 Å². The van der Waals surface area contributed by atoms with E-state index in [4.69, 9.17) is 4.98 Å². The molecule has 0 radical (unpaired) electrons. The van der Waals surface area contributed by atoms with Crippen molar-refractivity contribution in [3.8, 4) is 11.3 Å². The van der Waals surface area contributed by atoms with Gasteiger partial charge in [0.1, 0.15) is 5.82 Å². The molecule has 1 aromatic heterocycles. The van der Waals surface area contributed by atoms with Crippen molar-refractivity contribution in [3.05, 3.63) is 99.1 Å². The molecule has 170 valence electrons. The number of nitrogens with one attached hydrogen (secondary N) is 1. The van der Waals surface area contributed by atoms with E-state index >= 15 is 0 Å². The summed E-state index contributed by atoms with van der Waals surface area (Å²) in [5.41, 5.74) is 4.77. The van der Waals surface area contributed by atoms with Crippen LogP contribution in [0.15, 0.2) is 66.7 Å². The number of hydrogen-bond acceptors (Lipinski definition) is 4. The predicted molar refractivity (Wildman–Crippen MR) is 133 cm³/mol. The minimum atomic E-state index is -0.464. The molecule has 1 aliphatic heterocycles. The smallest absolute Gasteiger partial charge is 0.258 e. The number of halogens is 1. The van der Waals surface area contributed by atoms with E-state index in [0.717, 1.165) is 28.4 Å². The topological polar surface area (TPSA) is 62.3 Å². The van der Waals surface area contributed by atoms with Gasteiger partial charge in [0.2, 0.25) is 0 Å². The van der Waals surface area contributed by atoms with Crippen molar-refractivity contribution in [1.82, 2.24) is 4.98 Å². The van der Waals surface area contributed by atoms with E-state index in [1.807, 2.05) is 31.2 Å². The standard InChI is InChI=1S/C27H22FN3O2S/c1-16-7-10-19(28)15-22(16)26(32)30-20-11-8-18(9-12-20)27(33)31-14-13-24-25(29-17(2)34-24)21-5-3-4-6-23(21)31/h3-12,15H,13-14H2,1-2H3,(H,30,32). The monoisotopic (exact) mass is 471 g/mol. The van der Waals surface area contributed by atoms with Crippen molar-refractivity contribution in [1.29, 1.82) is 0 Å². The number of thiazole rings is 1. The molecule has 34 heavy (non-hydrogen) atoms.